The van der Waals surface area contributed by atoms with Gasteiger partial charge in [0.2, 0.25) is 0 Å². The van der Waals surface area contributed by atoms with Gasteiger partial charge in [0, 0.05) is 30.0 Å². The summed E-state index contributed by atoms with van der Waals surface area (Å²) in [6.45, 7) is 9.71. The van der Waals surface area contributed by atoms with Crippen molar-refractivity contribution in [3.8, 4) is 22.9 Å². The molecule has 0 aliphatic carbocycles. The highest BCUT2D eigenvalue weighted by atomic mass is 32.2. The number of carboxylic acid groups (broad SMARTS) is 1. The smallest absolute Gasteiger partial charge is 0.330 e. The molecule has 0 aliphatic heterocycles. The Hall–Kier alpha value is -3.82. The number of hydrogen-bond acceptors (Lipinski definition) is 7. The van der Waals surface area contributed by atoms with Crippen molar-refractivity contribution in [3.05, 3.63) is 96.9 Å². The first kappa shape index (κ1) is 33.4. The lowest BCUT2D eigenvalue weighted by atomic mass is 10.2. The van der Waals surface area contributed by atoms with Crippen molar-refractivity contribution in [3.63, 3.8) is 0 Å². The van der Waals surface area contributed by atoms with Crippen LogP contribution in [-0.2, 0) is 17.1 Å². The first-order valence-corrected chi connectivity index (χ1v) is 14.7. The summed E-state index contributed by atoms with van der Waals surface area (Å²) in [5.74, 6) is 4.32. The highest BCUT2D eigenvalue weighted by molar-refractivity contribution is 7.98. The minimum Gasteiger partial charge on any atom is -0.494 e. The number of ether oxygens (including phenoxy) is 2. The summed E-state index contributed by atoms with van der Waals surface area (Å²) < 4.78 is 13.9. The number of benzene rings is 2. The molecule has 8 nitrogen and oxygen atoms in total. The van der Waals surface area contributed by atoms with Crippen molar-refractivity contribution in [1.29, 1.82) is 0 Å². The van der Waals surface area contributed by atoms with Crippen LogP contribution < -0.4 is 9.47 Å². The second kappa shape index (κ2) is 19.3. The van der Waals surface area contributed by atoms with Crippen LogP contribution in [0.1, 0.15) is 26.1 Å². The fraction of sp³-hybridized carbons (Fsp3) is 0.344. The number of thioether (sulfide) groups is 1. The van der Waals surface area contributed by atoms with Gasteiger partial charge in [-0.05, 0) is 70.8 Å². The Balaban J connectivity index is 0.000000883. The van der Waals surface area contributed by atoms with Crippen molar-refractivity contribution in [1.82, 2.24) is 19.7 Å². The van der Waals surface area contributed by atoms with Crippen LogP contribution in [0.5, 0.6) is 11.5 Å². The molecule has 220 valence electrons. The summed E-state index contributed by atoms with van der Waals surface area (Å²) in [4.78, 5) is 11.8. The van der Waals surface area contributed by atoms with E-state index in [1.165, 1.54) is 6.92 Å². The molecule has 3 aromatic rings. The summed E-state index contributed by atoms with van der Waals surface area (Å²) in [7, 11) is 4.15. The highest BCUT2D eigenvalue weighted by Gasteiger charge is 2.13. The Morgan fingerprint density at radius 2 is 1.68 bits per heavy atom. The second-order valence-corrected chi connectivity index (χ2v) is 10.4. The molecule has 2 aromatic carbocycles. The van der Waals surface area contributed by atoms with Crippen LogP contribution in [0, 0.1) is 0 Å². The maximum atomic E-state index is 9.60. The van der Waals surface area contributed by atoms with E-state index in [1.54, 1.807) is 11.8 Å². The molecule has 0 bridgehead atoms. The number of rotatable bonds is 16. The zero-order valence-corrected chi connectivity index (χ0v) is 25.3. The summed E-state index contributed by atoms with van der Waals surface area (Å²) in [5, 5.41) is 16.9. The van der Waals surface area contributed by atoms with Crippen LogP contribution in [-0.4, -0.2) is 70.3 Å². The van der Waals surface area contributed by atoms with E-state index < -0.39 is 5.97 Å². The average Bonchev–Trinajstić information content (AvgIpc) is 3.36. The summed E-state index contributed by atoms with van der Waals surface area (Å²) in [5.41, 5.74) is 1.20. The number of carbonyl (C=O) groups is 1. The molecule has 9 heteroatoms. The third kappa shape index (κ3) is 13.4. The molecule has 0 saturated heterocycles. The van der Waals surface area contributed by atoms with E-state index in [0.29, 0.717) is 19.8 Å². The maximum absolute atomic E-state index is 9.60. The predicted molar refractivity (Wildman–Crippen MR) is 169 cm³/mol. The lowest BCUT2D eigenvalue weighted by Gasteiger charge is -2.11. The molecule has 1 aromatic heterocycles. The fourth-order valence-corrected chi connectivity index (χ4v) is 4.11. The molecule has 3 rings (SSSR count). The number of para-hydroxylation sites is 1. The van der Waals surface area contributed by atoms with Crippen molar-refractivity contribution in [2.75, 3.05) is 39.6 Å². The molecular weight excluding hydrogens is 536 g/mol. The average molecular weight is 579 g/mol. The molecule has 0 fully saturated rings. The number of carboxylic acids is 1. The Labute approximate surface area is 248 Å². The van der Waals surface area contributed by atoms with E-state index in [-0.39, 0.29) is 5.57 Å². The molecule has 0 radical (unpaired) electrons. The standard InChI is InChI=1S/C28H36N4O2S.C4H6O2/c1-4-5-6-10-19-32-27(23-35-22-21-34-25-12-8-7-9-13-25)29-30-28(32)24-14-16-26(17-15-24)33-20-11-18-31(2)3;1-3(2)4(5)6/h4-10,12-17H,11,18-23H2,1-3H3;1H2,2H3,(H,5,6)/b5-4-,10-6-;. The van der Waals surface area contributed by atoms with Crippen molar-refractivity contribution in [2.45, 2.75) is 32.6 Å². The number of aliphatic carboxylic acids is 1. The van der Waals surface area contributed by atoms with Gasteiger partial charge in [-0.15, -0.1) is 10.2 Å². The van der Waals surface area contributed by atoms with Crippen LogP contribution in [0.4, 0.5) is 0 Å². The quantitative estimate of drug-likeness (QED) is 0.119. The van der Waals surface area contributed by atoms with Gasteiger partial charge in [0.1, 0.15) is 17.3 Å². The number of allylic oxidation sites excluding steroid dienone is 4. The monoisotopic (exact) mass is 578 g/mol. The number of aromatic nitrogens is 3. The summed E-state index contributed by atoms with van der Waals surface area (Å²) >= 11 is 1.80. The minimum absolute atomic E-state index is 0.176. The second-order valence-electron chi connectivity index (χ2n) is 9.33. The van der Waals surface area contributed by atoms with Gasteiger partial charge in [0.25, 0.3) is 0 Å². The lowest BCUT2D eigenvalue weighted by molar-refractivity contribution is -0.132. The van der Waals surface area contributed by atoms with Gasteiger partial charge in [0.15, 0.2) is 5.82 Å². The fourth-order valence-electron chi connectivity index (χ4n) is 3.37. The van der Waals surface area contributed by atoms with Gasteiger partial charge in [-0.1, -0.05) is 49.1 Å². The van der Waals surface area contributed by atoms with E-state index in [4.69, 9.17) is 14.6 Å². The van der Waals surface area contributed by atoms with Gasteiger partial charge in [-0.3, -0.25) is 0 Å². The van der Waals surface area contributed by atoms with Crippen molar-refractivity contribution in [2.24, 2.45) is 0 Å². The Kier molecular flexibility index (Phi) is 15.7. The topological polar surface area (TPSA) is 89.7 Å². The molecule has 1 heterocycles. The van der Waals surface area contributed by atoms with Gasteiger partial charge >= 0.3 is 5.97 Å². The number of nitrogens with zero attached hydrogens (tertiary/aromatic N) is 4. The van der Waals surface area contributed by atoms with Crippen LogP contribution in [0.3, 0.4) is 0 Å². The van der Waals surface area contributed by atoms with Gasteiger partial charge < -0.3 is 24.0 Å². The van der Waals surface area contributed by atoms with Crippen molar-refractivity contribution < 1.29 is 19.4 Å². The SMILES string of the molecule is C/C=C\C=C/Cn1c(CSCCOc2ccccc2)nnc1-c1ccc(OCCCN(C)C)cc1.C=C(C)C(=O)O. The zero-order valence-electron chi connectivity index (χ0n) is 24.5. The van der Waals surface area contributed by atoms with Crippen molar-refractivity contribution >= 4 is 17.7 Å². The minimum atomic E-state index is -0.935. The van der Waals surface area contributed by atoms with Crippen LogP contribution >= 0.6 is 11.8 Å². The predicted octanol–water partition coefficient (Wildman–Crippen LogP) is 6.37. The summed E-state index contributed by atoms with van der Waals surface area (Å²) in [6.07, 6.45) is 9.23. The molecule has 0 aliphatic rings. The molecule has 0 amide bonds. The first-order chi connectivity index (χ1) is 19.8. The Bertz CT molecular complexity index is 1230. The van der Waals surface area contributed by atoms with Gasteiger partial charge in [-0.25, -0.2) is 4.79 Å². The molecule has 0 spiro atoms. The van der Waals surface area contributed by atoms with E-state index >= 15 is 0 Å². The zero-order chi connectivity index (χ0) is 29.9. The summed E-state index contributed by atoms with van der Waals surface area (Å²) in [6, 6.07) is 18.0. The van der Waals surface area contributed by atoms with Gasteiger partial charge in [0.05, 0.1) is 19.0 Å². The largest absolute Gasteiger partial charge is 0.494 e. The van der Waals surface area contributed by atoms with Crippen LogP contribution in [0.15, 0.2) is 91.1 Å². The normalized spacial score (nSPS) is 11.0. The maximum Gasteiger partial charge on any atom is 0.330 e. The Morgan fingerprint density at radius 1 is 1.02 bits per heavy atom. The first-order valence-electron chi connectivity index (χ1n) is 13.5. The molecule has 0 atom stereocenters. The third-order valence-corrected chi connectivity index (χ3v) is 6.44. The molecular formula is C32H42N4O4S. The molecule has 1 N–H and O–H groups in total. The van der Waals surface area contributed by atoms with Crippen LogP contribution in [0.25, 0.3) is 11.4 Å². The van der Waals surface area contributed by atoms with E-state index in [2.05, 4.69) is 64.6 Å². The van der Waals surface area contributed by atoms with Gasteiger partial charge in [-0.2, -0.15) is 11.8 Å². The molecule has 0 saturated carbocycles. The highest BCUT2D eigenvalue weighted by Crippen LogP contribution is 2.24. The van der Waals surface area contributed by atoms with E-state index in [9.17, 15) is 4.79 Å². The van der Waals surface area contributed by atoms with E-state index in [0.717, 1.165) is 53.2 Å². The lowest BCUT2D eigenvalue weighted by Crippen LogP contribution is -2.15. The Morgan fingerprint density at radius 3 is 2.32 bits per heavy atom. The molecule has 0 unspecified atom stereocenters. The molecule has 41 heavy (non-hydrogen) atoms. The number of hydrogen-bond donors (Lipinski definition) is 1. The van der Waals surface area contributed by atoms with Crippen LogP contribution in [0.2, 0.25) is 0 Å². The third-order valence-electron chi connectivity index (χ3n) is 5.52. The van der Waals surface area contributed by atoms with E-state index in [1.807, 2.05) is 61.5 Å².